The lowest BCUT2D eigenvalue weighted by Crippen LogP contribution is -2.70. The van der Waals surface area contributed by atoms with Gasteiger partial charge in [-0.1, -0.05) is 6.07 Å². The molecule has 0 amide bonds. The summed E-state index contributed by atoms with van der Waals surface area (Å²) in [5.41, 5.74) is 1.70. The normalized spacial score (nSPS) is 12.0. The van der Waals surface area contributed by atoms with E-state index < -0.39 is 51.7 Å². The number of anilines is 1. The number of nitro groups is 1. The molecule has 3 N–H and O–H groups in total. The Balaban J connectivity index is 2.06. The van der Waals surface area contributed by atoms with E-state index in [0.29, 0.717) is 15.2 Å². The van der Waals surface area contributed by atoms with Gasteiger partial charge in [-0.15, -0.1) is 10.2 Å². The summed E-state index contributed by atoms with van der Waals surface area (Å²) in [6.45, 7) is -1.04. The molecule has 2 heterocycles. The van der Waals surface area contributed by atoms with Crippen LogP contribution < -0.4 is 26.7 Å². The number of nitrogen functional groups attached to an aromatic ring is 1. The number of aromatic nitrogens is 4. The van der Waals surface area contributed by atoms with Crippen LogP contribution in [0.25, 0.3) is 5.82 Å². The number of ether oxygens (including phenoxy) is 1. The Bertz CT molecular complexity index is 1850. The van der Waals surface area contributed by atoms with Crippen LogP contribution in [0.4, 0.5) is 34.8 Å². The molecule has 0 bridgehead atoms. The maximum atomic E-state index is 14.9. The fourth-order valence-electron chi connectivity index (χ4n) is 4.33. The third-order valence-corrected chi connectivity index (χ3v) is 6.34. The van der Waals surface area contributed by atoms with Gasteiger partial charge in [-0.3, -0.25) is 24.4 Å². The average molecular weight is 618 g/mol. The molecule has 4 rings (SSSR count). The van der Waals surface area contributed by atoms with E-state index in [1.165, 1.54) is 43.5 Å². The number of halogens is 4. The number of methoxy groups -OCH3 is 1. The van der Waals surface area contributed by atoms with E-state index in [0.717, 1.165) is 12.1 Å². The second kappa shape index (κ2) is 12.4. The van der Waals surface area contributed by atoms with E-state index in [2.05, 4.69) is 15.2 Å². The van der Waals surface area contributed by atoms with E-state index in [-0.39, 0.29) is 40.9 Å². The molecule has 0 spiro atoms. The van der Waals surface area contributed by atoms with Gasteiger partial charge in [0.15, 0.2) is 5.82 Å². The Kier molecular flexibility index (Phi) is 8.89. The maximum absolute atomic E-state index is 14.9. The van der Waals surface area contributed by atoms with Crippen molar-refractivity contribution in [2.24, 2.45) is 0 Å². The molecular formula is C27H25F4N8O5+. The maximum Gasteiger partial charge on any atom is 0.416 e. The summed E-state index contributed by atoms with van der Waals surface area (Å²) in [5.74, 6) is -2.10. The third kappa shape index (κ3) is 6.46. The van der Waals surface area contributed by atoms with E-state index in [4.69, 9.17) is 10.5 Å². The molecule has 0 atom stereocenters. The number of non-ortho nitro benzene ring substituents is 1. The van der Waals surface area contributed by atoms with Crippen LogP contribution in [-0.2, 0) is 12.7 Å². The Morgan fingerprint density at radius 1 is 1.09 bits per heavy atom. The predicted octanol–water partition coefficient (Wildman–Crippen LogP) is 1.26. The van der Waals surface area contributed by atoms with E-state index in [1.54, 1.807) is 19.0 Å². The first-order valence-corrected chi connectivity index (χ1v) is 12.6. The molecule has 0 aliphatic rings. The van der Waals surface area contributed by atoms with Gasteiger partial charge in [-0.2, -0.15) is 13.2 Å². The van der Waals surface area contributed by atoms with E-state index in [1.807, 2.05) is 0 Å². The highest BCUT2D eigenvalue weighted by atomic mass is 19.4. The highest BCUT2D eigenvalue weighted by Crippen LogP contribution is 2.33. The number of rotatable bonds is 9. The highest BCUT2D eigenvalue weighted by Gasteiger charge is 2.35. The lowest BCUT2D eigenvalue weighted by atomic mass is 10.1. The number of hydrogen-bond acceptors (Lipinski definition) is 9. The highest BCUT2D eigenvalue weighted by molar-refractivity contribution is 6.01. The monoisotopic (exact) mass is 617 g/mol. The van der Waals surface area contributed by atoms with Crippen molar-refractivity contribution in [3.8, 4) is 11.7 Å². The summed E-state index contributed by atoms with van der Waals surface area (Å²) < 4.78 is 62.6. The topological polar surface area (TPSA) is 165 Å². The average Bonchev–Trinajstić information content (AvgIpc) is 2.95. The molecule has 0 saturated carbocycles. The number of nitrogens with one attached hydrogen (secondary N) is 1. The second-order valence-electron chi connectivity index (χ2n) is 9.61. The van der Waals surface area contributed by atoms with Gasteiger partial charge in [0.1, 0.15) is 17.2 Å². The van der Waals surface area contributed by atoms with Gasteiger partial charge in [-0.25, -0.2) is 18.7 Å². The first-order valence-electron chi connectivity index (χ1n) is 12.6. The molecule has 2 aromatic heterocycles. The minimum Gasteiger partial charge on any atom is -0.480 e. The van der Waals surface area contributed by atoms with Crippen LogP contribution in [0.15, 0.2) is 64.2 Å². The lowest BCUT2D eigenvalue weighted by Gasteiger charge is -2.19. The Morgan fingerprint density at radius 3 is 2.32 bits per heavy atom. The van der Waals surface area contributed by atoms with Crippen molar-refractivity contribution >= 4 is 22.9 Å². The summed E-state index contributed by atoms with van der Waals surface area (Å²) in [4.78, 5) is 42.8. The summed E-state index contributed by atoms with van der Waals surface area (Å²) in [6.07, 6.45) is -4.98. The minimum absolute atomic E-state index is 0.0313. The molecular weight excluding hydrogens is 592 g/mol. The van der Waals surface area contributed by atoms with Gasteiger partial charge < -0.3 is 10.5 Å². The SMILES string of the molecule is COc1ccc(-n2c(=O)c(C(CN(C)C)=[NH+]c3ccc([N+](=O)[O-])cc3)c(N)n(Cc3c(F)cccc3C(F)(F)F)c2=O)nn1. The number of nitrogens with two attached hydrogens (primary N) is 1. The van der Waals surface area contributed by atoms with Crippen molar-refractivity contribution in [2.45, 2.75) is 12.7 Å². The first-order chi connectivity index (χ1) is 20.7. The zero-order valence-corrected chi connectivity index (χ0v) is 23.4. The molecule has 0 unspecified atom stereocenters. The van der Waals surface area contributed by atoms with E-state index >= 15 is 0 Å². The molecule has 4 aromatic rings. The molecule has 0 fully saturated rings. The van der Waals surface area contributed by atoms with Crippen LogP contribution >= 0.6 is 0 Å². The smallest absolute Gasteiger partial charge is 0.416 e. The Morgan fingerprint density at radius 2 is 1.77 bits per heavy atom. The molecule has 0 radical (unpaired) electrons. The number of nitro benzene ring substituents is 1. The van der Waals surface area contributed by atoms with Gasteiger partial charge in [0.25, 0.3) is 11.2 Å². The zero-order chi connectivity index (χ0) is 32.3. The summed E-state index contributed by atoms with van der Waals surface area (Å²) in [5, 5.41) is 18.7. The van der Waals surface area contributed by atoms with Crippen molar-refractivity contribution in [3.63, 3.8) is 0 Å². The van der Waals surface area contributed by atoms with Gasteiger partial charge in [0.05, 0.1) is 30.7 Å². The van der Waals surface area contributed by atoms with Crippen LogP contribution in [-0.4, -0.2) is 62.6 Å². The number of alkyl halides is 3. The lowest BCUT2D eigenvalue weighted by molar-refractivity contribution is -0.385. The molecule has 2 aromatic carbocycles. The zero-order valence-electron chi connectivity index (χ0n) is 23.4. The van der Waals surface area contributed by atoms with Crippen LogP contribution in [0.5, 0.6) is 5.88 Å². The minimum atomic E-state index is -4.98. The van der Waals surface area contributed by atoms with Crippen molar-refractivity contribution in [1.29, 1.82) is 0 Å². The number of nitrogens with zero attached hydrogens (tertiary/aromatic N) is 6. The molecule has 44 heavy (non-hydrogen) atoms. The fraction of sp³-hybridized carbons (Fsp3) is 0.222. The van der Waals surface area contributed by atoms with Crippen molar-refractivity contribution in [2.75, 3.05) is 33.5 Å². The Hall–Kier alpha value is -5.45. The van der Waals surface area contributed by atoms with Gasteiger partial charge in [0.2, 0.25) is 17.3 Å². The molecule has 13 nitrogen and oxygen atoms in total. The summed E-state index contributed by atoms with van der Waals surface area (Å²) in [6, 6.07) is 10.0. The largest absolute Gasteiger partial charge is 0.480 e. The van der Waals surface area contributed by atoms with Crippen molar-refractivity contribution in [3.05, 3.63) is 108 Å². The van der Waals surface area contributed by atoms with Gasteiger partial charge in [-0.05, 0) is 32.3 Å². The van der Waals surface area contributed by atoms with Gasteiger partial charge in [0, 0.05) is 35.9 Å². The van der Waals surface area contributed by atoms with Crippen molar-refractivity contribution in [1.82, 2.24) is 24.2 Å². The molecule has 230 valence electrons. The fourth-order valence-corrected chi connectivity index (χ4v) is 4.33. The van der Waals surface area contributed by atoms with Crippen LogP contribution in [0.1, 0.15) is 16.7 Å². The third-order valence-electron chi connectivity index (χ3n) is 6.34. The first kappa shape index (κ1) is 31.5. The predicted molar refractivity (Wildman–Crippen MR) is 150 cm³/mol. The summed E-state index contributed by atoms with van der Waals surface area (Å²) >= 11 is 0. The molecule has 0 aliphatic carbocycles. The number of benzene rings is 2. The summed E-state index contributed by atoms with van der Waals surface area (Å²) in [7, 11) is 4.60. The molecule has 0 aliphatic heterocycles. The van der Waals surface area contributed by atoms with Crippen molar-refractivity contribution < 1.29 is 32.2 Å². The standard InChI is InChI=1S/C27H24F4N8O5/c1-36(2)14-20(33-15-7-9-16(10-8-15)39(42)43)23-24(32)37(13-17-18(27(29,30)31)5-4-6-19(17)28)26(41)38(25(23)40)21-11-12-22(44-3)35-34-21/h4-12H,13-14,32H2,1-3H3/p+1. The van der Waals surface area contributed by atoms with Crippen LogP contribution in [0.2, 0.25) is 0 Å². The van der Waals surface area contributed by atoms with Crippen LogP contribution in [0, 0.1) is 15.9 Å². The number of likely N-dealkylation sites (N-methyl/N-ethyl adjacent to an activating group) is 1. The van der Waals surface area contributed by atoms with Crippen LogP contribution in [0.3, 0.4) is 0 Å². The van der Waals surface area contributed by atoms with E-state index in [9.17, 15) is 37.3 Å². The molecule has 0 saturated heterocycles. The molecule has 17 heteroatoms. The van der Waals surface area contributed by atoms with Gasteiger partial charge >= 0.3 is 11.9 Å². The quantitative estimate of drug-likeness (QED) is 0.122. The number of hydrogen-bond donors (Lipinski definition) is 2. The Labute approximate surface area is 245 Å². The second-order valence-corrected chi connectivity index (χ2v) is 9.61.